The molecule has 0 aromatic heterocycles. The summed E-state index contributed by atoms with van der Waals surface area (Å²) in [6.45, 7) is 10.7. The zero-order chi connectivity index (χ0) is 9.23. The molecule has 0 amide bonds. The van der Waals surface area contributed by atoms with E-state index < -0.39 is 0 Å². The Balaban J connectivity index is 3.17. The van der Waals surface area contributed by atoms with Gasteiger partial charge in [0.1, 0.15) is 0 Å². The first-order valence-corrected chi connectivity index (χ1v) is 4.86. The molecule has 1 heteroatoms. The molecule has 0 saturated heterocycles. The molecule has 0 heterocycles. The van der Waals surface area contributed by atoms with Crippen LogP contribution < -0.4 is 0 Å². The quantitative estimate of drug-likeness (QED) is 0.500. The lowest BCUT2D eigenvalue weighted by molar-refractivity contribution is 0.470. The summed E-state index contributed by atoms with van der Waals surface area (Å²) in [5.41, 5.74) is 0. The molecular weight excluding hydrogens is 146 g/mol. The topological polar surface area (TPSA) is 3.24 Å². The Morgan fingerprint density at radius 1 is 1.00 bits per heavy atom. The SMILES string of the molecule is C=CN(C=C)CCCCCCC. The van der Waals surface area contributed by atoms with Gasteiger partial charge in [-0.05, 0) is 18.8 Å². The summed E-state index contributed by atoms with van der Waals surface area (Å²) in [5, 5.41) is 0. The molecule has 0 radical (unpaired) electrons. The molecular formula is C11H21N. The van der Waals surface area contributed by atoms with E-state index in [4.69, 9.17) is 0 Å². The van der Waals surface area contributed by atoms with Crippen molar-refractivity contribution in [2.24, 2.45) is 0 Å². The first kappa shape index (κ1) is 11.3. The van der Waals surface area contributed by atoms with Crippen LogP contribution in [0.3, 0.4) is 0 Å². The van der Waals surface area contributed by atoms with Crippen molar-refractivity contribution in [3.8, 4) is 0 Å². The number of unbranched alkanes of at least 4 members (excludes halogenated alkanes) is 4. The standard InChI is InChI=1S/C11H21N/c1-4-7-8-9-10-11-12(5-2)6-3/h5-6H,2-4,7-11H2,1H3. The fraction of sp³-hybridized carbons (Fsp3) is 0.636. The second-order valence-electron chi connectivity index (χ2n) is 3.02. The highest BCUT2D eigenvalue weighted by atomic mass is 15.1. The first-order valence-electron chi connectivity index (χ1n) is 4.86. The lowest BCUT2D eigenvalue weighted by Gasteiger charge is -2.13. The molecule has 0 unspecified atom stereocenters. The summed E-state index contributed by atoms with van der Waals surface area (Å²) in [6.07, 6.45) is 10.3. The fourth-order valence-corrected chi connectivity index (χ4v) is 1.16. The largest absolute Gasteiger partial charge is 0.355 e. The minimum atomic E-state index is 1.07. The molecule has 0 saturated carbocycles. The molecule has 0 aliphatic rings. The summed E-state index contributed by atoms with van der Waals surface area (Å²) in [6, 6.07) is 0. The molecule has 1 nitrogen and oxygen atoms in total. The molecule has 0 aliphatic carbocycles. The third kappa shape index (κ3) is 6.02. The predicted molar refractivity (Wildman–Crippen MR) is 55.9 cm³/mol. The van der Waals surface area contributed by atoms with Crippen LogP contribution >= 0.6 is 0 Å². The Morgan fingerprint density at radius 2 is 1.58 bits per heavy atom. The number of rotatable bonds is 8. The Kier molecular flexibility index (Phi) is 7.87. The van der Waals surface area contributed by atoms with E-state index in [1.54, 1.807) is 0 Å². The smallest absolute Gasteiger partial charge is 0.0219 e. The lowest BCUT2D eigenvalue weighted by atomic mass is 10.1. The van der Waals surface area contributed by atoms with E-state index in [1.807, 2.05) is 17.3 Å². The zero-order valence-corrected chi connectivity index (χ0v) is 8.26. The third-order valence-electron chi connectivity index (χ3n) is 1.99. The molecule has 0 aromatic carbocycles. The van der Waals surface area contributed by atoms with E-state index >= 15 is 0 Å². The zero-order valence-electron chi connectivity index (χ0n) is 8.26. The van der Waals surface area contributed by atoms with E-state index in [1.165, 1.54) is 32.1 Å². The van der Waals surface area contributed by atoms with Crippen molar-refractivity contribution in [1.29, 1.82) is 0 Å². The highest BCUT2D eigenvalue weighted by Gasteiger charge is 1.92. The normalized spacial score (nSPS) is 9.42. The highest BCUT2D eigenvalue weighted by Crippen LogP contribution is 2.03. The van der Waals surface area contributed by atoms with Crippen LogP contribution in [0.5, 0.6) is 0 Å². The number of hydrogen-bond acceptors (Lipinski definition) is 1. The summed E-state index contributed by atoms with van der Waals surface area (Å²) >= 11 is 0. The van der Waals surface area contributed by atoms with Crippen molar-refractivity contribution in [1.82, 2.24) is 4.90 Å². The molecule has 0 bridgehead atoms. The van der Waals surface area contributed by atoms with E-state index in [0.717, 1.165) is 6.54 Å². The minimum absolute atomic E-state index is 1.07. The van der Waals surface area contributed by atoms with E-state index in [2.05, 4.69) is 20.1 Å². The van der Waals surface area contributed by atoms with Gasteiger partial charge in [0.15, 0.2) is 0 Å². The summed E-state index contributed by atoms with van der Waals surface area (Å²) in [4.78, 5) is 2.03. The van der Waals surface area contributed by atoms with Gasteiger partial charge in [0.25, 0.3) is 0 Å². The molecule has 0 spiro atoms. The van der Waals surface area contributed by atoms with Gasteiger partial charge in [0.05, 0.1) is 0 Å². The van der Waals surface area contributed by atoms with Crippen LogP contribution in [0.4, 0.5) is 0 Å². The van der Waals surface area contributed by atoms with Crippen molar-refractivity contribution in [3.63, 3.8) is 0 Å². The maximum atomic E-state index is 3.70. The molecule has 0 atom stereocenters. The molecule has 0 aliphatic heterocycles. The van der Waals surface area contributed by atoms with Crippen LogP contribution in [-0.4, -0.2) is 11.4 Å². The summed E-state index contributed by atoms with van der Waals surface area (Å²) in [5.74, 6) is 0. The molecule has 0 rings (SSSR count). The Labute approximate surface area is 76.8 Å². The molecule has 12 heavy (non-hydrogen) atoms. The van der Waals surface area contributed by atoms with E-state index in [-0.39, 0.29) is 0 Å². The average Bonchev–Trinajstić information content (AvgIpc) is 2.11. The van der Waals surface area contributed by atoms with Gasteiger partial charge in [-0.25, -0.2) is 0 Å². The first-order chi connectivity index (χ1) is 5.85. The van der Waals surface area contributed by atoms with Gasteiger partial charge in [-0.2, -0.15) is 0 Å². The Hall–Kier alpha value is -0.720. The van der Waals surface area contributed by atoms with Crippen LogP contribution in [0, 0.1) is 0 Å². The van der Waals surface area contributed by atoms with Crippen LogP contribution in [0.1, 0.15) is 39.0 Å². The predicted octanol–water partition coefficient (Wildman–Crippen LogP) is 3.55. The monoisotopic (exact) mass is 167 g/mol. The van der Waals surface area contributed by atoms with E-state index in [0.29, 0.717) is 0 Å². The van der Waals surface area contributed by atoms with Gasteiger partial charge in [-0.15, -0.1) is 0 Å². The van der Waals surface area contributed by atoms with Gasteiger partial charge in [0.2, 0.25) is 0 Å². The van der Waals surface area contributed by atoms with Crippen LogP contribution in [0.2, 0.25) is 0 Å². The van der Waals surface area contributed by atoms with Crippen molar-refractivity contribution < 1.29 is 0 Å². The van der Waals surface area contributed by atoms with Gasteiger partial charge in [0, 0.05) is 6.54 Å². The Bertz CT molecular complexity index is 110. The van der Waals surface area contributed by atoms with Crippen molar-refractivity contribution in [2.75, 3.05) is 6.54 Å². The highest BCUT2D eigenvalue weighted by molar-refractivity contribution is 4.79. The fourth-order valence-electron chi connectivity index (χ4n) is 1.16. The van der Waals surface area contributed by atoms with Crippen molar-refractivity contribution >= 4 is 0 Å². The number of nitrogens with zero attached hydrogens (tertiary/aromatic N) is 1. The minimum Gasteiger partial charge on any atom is -0.355 e. The van der Waals surface area contributed by atoms with Crippen LogP contribution in [0.25, 0.3) is 0 Å². The van der Waals surface area contributed by atoms with E-state index in [9.17, 15) is 0 Å². The third-order valence-corrected chi connectivity index (χ3v) is 1.99. The second kappa shape index (κ2) is 8.38. The maximum absolute atomic E-state index is 3.70. The average molecular weight is 167 g/mol. The molecule has 0 aromatic rings. The number of hydrogen-bond donors (Lipinski definition) is 0. The molecule has 70 valence electrons. The van der Waals surface area contributed by atoms with Gasteiger partial charge in [-0.1, -0.05) is 45.8 Å². The second-order valence-corrected chi connectivity index (χ2v) is 3.02. The molecule has 0 fully saturated rings. The Morgan fingerprint density at radius 3 is 2.08 bits per heavy atom. The summed E-state index contributed by atoms with van der Waals surface area (Å²) < 4.78 is 0. The molecule has 0 N–H and O–H groups in total. The van der Waals surface area contributed by atoms with Crippen LogP contribution in [0.15, 0.2) is 25.6 Å². The van der Waals surface area contributed by atoms with Crippen molar-refractivity contribution in [2.45, 2.75) is 39.0 Å². The van der Waals surface area contributed by atoms with Crippen LogP contribution in [-0.2, 0) is 0 Å². The lowest BCUT2D eigenvalue weighted by Crippen LogP contribution is -2.09. The maximum Gasteiger partial charge on any atom is 0.0219 e. The van der Waals surface area contributed by atoms with Gasteiger partial charge < -0.3 is 4.90 Å². The van der Waals surface area contributed by atoms with Gasteiger partial charge in [-0.3, -0.25) is 0 Å². The summed E-state index contributed by atoms with van der Waals surface area (Å²) in [7, 11) is 0. The van der Waals surface area contributed by atoms with Gasteiger partial charge >= 0.3 is 0 Å². The van der Waals surface area contributed by atoms with Crippen molar-refractivity contribution in [3.05, 3.63) is 25.6 Å².